The molecule has 1 heterocycles. The van der Waals surface area contributed by atoms with Crippen molar-refractivity contribution in [2.75, 3.05) is 19.8 Å². The summed E-state index contributed by atoms with van der Waals surface area (Å²) in [5, 5.41) is 3.07. The summed E-state index contributed by atoms with van der Waals surface area (Å²) < 4.78 is 11.2. The summed E-state index contributed by atoms with van der Waals surface area (Å²) in [7, 11) is 0. The minimum atomic E-state index is -0.327. The molecule has 23 heavy (non-hydrogen) atoms. The van der Waals surface area contributed by atoms with Gasteiger partial charge in [-0.3, -0.25) is 4.79 Å². The van der Waals surface area contributed by atoms with Crippen LogP contribution in [0.5, 0.6) is 5.75 Å². The lowest BCUT2D eigenvalue weighted by atomic mass is 9.92. The molecule has 1 aliphatic heterocycles. The van der Waals surface area contributed by atoms with Crippen LogP contribution in [0.1, 0.15) is 49.9 Å². The number of rotatable bonds is 8. The van der Waals surface area contributed by atoms with Gasteiger partial charge in [0.1, 0.15) is 12.4 Å². The van der Waals surface area contributed by atoms with Gasteiger partial charge in [-0.15, -0.1) is 0 Å². The highest BCUT2D eigenvalue weighted by Crippen LogP contribution is 2.18. The quantitative estimate of drug-likeness (QED) is 0.772. The number of carbonyl (C=O) groups is 1. The van der Waals surface area contributed by atoms with Crippen molar-refractivity contribution in [1.82, 2.24) is 5.32 Å². The SMILES string of the molecule is CCC(CC)(CN)NC(=O)c1ccc(OCC2CCCO2)cc1. The van der Waals surface area contributed by atoms with E-state index in [1.54, 1.807) is 12.1 Å². The first-order valence-corrected chi connectivity index (χ1v) is 8.49. The van der Waals surface area contributed by atoms with Crippen LogP contribution in [0.25, 0.3) is 0 Å². The van der Waals surface area contributed by atoms with E-state index in [1.807, 2.05) is 26.0 Å². The first-order chi connectivity index (χ1) is 11.1. The number of nitrogens with one attached hydrogen (secondary N) is 1. The van der Waals surface area contributed by atoms with Gasteiger partial charge in [0.15, 0.2) is 0 Å². The molecule has 0 radical (unpaired) electrons. The Morgan fingerprint density at radius 1 is 1.35 bits per heavy atom. The molecule has 5 heteroatoms. The Morgan fingerprint density at radius 2 is 2.04 bits per heavy atom. The summed E-state index contributed by atoms with van der Waals surface area (Å²) in [4.78, 5) is 12.4. The summed E-state index contributed by atoms with van der Waals surface area (Å²) in [5.74, 6) is 0.665. The molecule has 1 aromatic carbocycles. The van der Waals surface area contributed by atoms with Crippen LogP contribution in [0, 0.1) is 0 Å². The Kier molecular flexibility index (Phi) is 6.42. The number of ether oxygens (including phenoxy) is 2. The number of carbonyl (C=O) groups excluding carboxylic acids is 1. The van der Waals surface area contributed by atoms with Crippen LogP contribution in [0.4, 0.5) is 0 Å². The van der Waals surface area contributed by atoms with Crippen molar-refractivity contribution in [3.8, 4) is 5.75 Å². The van der Waals surface area contributed by atoms with Crippen molar-refractivity contribution in [2.24, 2.45) is 5.73 Å². The standard InChI is InChI=1S/C18H28N2O3/c1-3-18(4-2,13-19)20-17(21)14-7-9-15(10-8-14)23-12-16-6-5-11-22-16/h7-10,16H,3-6,11-13,19H2,1-2H3,(H,20,21). The van der Waals surface area contributed by atoms with Gasteiger partial charge < -0.3 is 20.5 Å². The molecule has 3 N–H and O–H groups in total. The van der Waals surface area contributed by atoms with Crippen molar-refractivity contribution in [1.29, 1.82) is 0 Å². The number of amides is 1. The molecule has 1 unspecified atom stereocenters. The van der Waals surface area contributed by atoms with Crippen molar-refractivity contribution in [3.63, 3.8) is 0 Å². The monoisotopic (exact) mass is 320 g/mol. The van der Waals surface area contributed by atoms with E-state index < -0.39 is 0 Å². The summed E-state index contributed by atoms with van der Waals surface area (Å²) in [5.41, 5.74) is 6.12. The van der Waals surface area contributed by atoms with E-state index in [4.69, 9.17) is 15.2 Å². The summed E-state index contributed by atoms with van der Waals surface area (Å²) in [6.45, 7) is 5.91. The molecule has 2 rings (SSSR count). The van der Waals surface area contributed by atoms with E-state index in [-0.39, 0.29) is 17.6 Å². The fourth-order valence-electron chi connectivity index (χ4n) is 2.75. The topological polar surface area (TPSA) is 73.6 Å². The van der Waals surface area contributed by atoms with Gasteiger partial charge in [0.05, 0.1) is 11.6 Å². The zero-order valence-electron chi connectivity index (χ0n) is 14.1. The number of benzene rings is 1. The highest BCUT2D eigenvalue weighted by Gasteiger charge is 2.26. The van der Waals surface area contributed by atoms with Crippen LogP contribution >= 0.6 is 0 Å². The number of hydrogen-bond acceptors (Lipinski definition) is 4. The Labute approximate surface area is 138 Å². The molecule has 0 saturated carbocycles. The molecule has 1 aliphatic rings. The highest BCUT2D eigenvalue weighted by atomic mass is 16.5. The Bertz CT molecular complexity index is 483. The molecular weight excluding hydrogens is 292 g/mol. The lowest BCUT2D eigenvalue weighted by molar-refractivity contribution is 0.0679. The molecule has 1 aromatic rings. The van der Waals surface area contributed by atoms with Crippen LogP contribution in [-0.4, -0.2) is 37.3 Å². The zero-order chi connectivity index (χ0) is 16.7. The molecule has 128 valence electrons. The highest BCUT2D eigenvalue weighted by molar-refractivity contribution is 5.94. The van der Waals surface area contributed by atoms with Gasteiger partial charge in [0.25, 0.3) is 5.91 Å². The molecule has 0 bridgehead atoms. The van der Waals surface area contributed by atoms with E-state index in [0.29, 0.717) is 18.7 Å². The zero-order valence-corrected chi connectivity index (χ0v) is 14.1. The first-order valence-electron chi connectivity index (χ1n) is 8.49. The van der Waals surface area contributed by atoms with Gasteiger partial charge >= 0.3 is 0 Å². The van der Waals surface area contributed by atoms with Crippen LogP contribution in [-0.2, 0) is 4.74 Å². The molecule has 1 saturated heterocycles. The van der Waals surface area contributed by atoms with Crippen molar-refractivity contribution in [2.45, 2.75) is 51.2 Å². The molecule has 1 fully saturated rings. The second-order valence-electron chi connectivity index (χ2n) is 6.12. The smallest absolute Gasteiger partial charge is 0.251 e. The third-order valence-electron chi connectivity index (χ3n) is 4.70. The maximum atomic E-state index is 12.4. The maximum Gasteiger partial charge on any atom is 0.251 e. The predicted octanol–water partition coefficient (Wildman–Crippen LogP) is 2.49. The summed E-state index contributed by atoms with van der Waals surface area (Å²) in [6, 6.07) is 7.22. The average Bonchev–Trinajstić information content (AvgIpc) is 3.12. The molecular formula is C18H28N2O3. The van der Waals surface area contributed by atoms with Crippen molar-refractivity contribution < 1.29 is 14.3 Å². The van der Waals surface area contributed by atoms with Gasteiger partial charge in [-0.05, 0) is 49.9 Å². The van der Waals surface area contributed by atoms with Crippen LogP contribution in [0.3, 0.4) is 0 Å². The molecule has 0 aromatic heterocycles. The Balaban J connectivity index is 1.91. The van der Waals surface area contributed by atoms with E-state index in [0.717, 1.165) is 38.0 Å². The van der Waals surface area contributed by atoms with E-state index >= 15 is 0 Å². The van der Waals surface area contributed by atoms with Gasteiger partial charge in [0, 0.05) is 18.7 Å². The van der Waals surface area contributed by atoms with Gasteiger partial charge in [-0.25, -0.2) is 0 Å². The van der Waals surface area contributed by atoms with E-state index in [2.05, 4.69) is 5.32 Å². The fourth-order valence-corrected chi connectivity index (χ4v) is 2.75. The first kappa shape index (κ1) is 17.8. The second-order valence-corrected chi connectivity index (χ2v) is 6.12. The second kappa shape index (κ2) is 8.31. The van der Waals surface area contributed by atoms with Crippen LogP contribution < -0.4 is 15.8 Å². The fraction of sp³-hybridized carbons (Fsp3) is 0.611. The maximum absolute atomic E-state index is 12.4. The van der Waals surface area contributed by atoms with Crippen molar-refractivity contribution in [3.05, 3.63) is 29.8 Å². The van der Waals surface area contributed by atoms with Crippen molar-refractivity contribution >= 4 is 5.91 Å². The van der Waals surface area contributed by atoms with Crippen LogP contribution in [0.2, 0.25) is 0 Å². The summed E-state index contributed by atoms with van der Waals surface area (Å²) >= 11 is 0. The van der Waals surface area contributed by atoms with E-state index in [1.165, 1.54) is 0 Å². The minimum Gasteiger partial charge on any atom is -0.491 e. The molecule has 1 atom stereocenters. The predicted molar refractivity (Wildman–Crippen MR) is 90.7 cm³/mol. The lowest BCUT2D eigenvalue weighted by Crippen LogP contribution is -2.52. The molecule has 0 aliphatic carbocycles. The molecule has 1 amide bonds. The van der Waals surface area contributed by atoms with Crippen LogP contribution in [0.15, 0.2) is 24.3 Å². The molecule has 0 spiro atoms. The lowest BCUT2D eigenvalue weighted by Gasteiger charge is -2.31. The largest absolute Gasteiger partial charge is 0.491 e. The summed E-state index contributed by atoms with van der Waals surface area (Å²) in [6.07, 6.45) is 3.97. The van der Waals surface area contributed by atoms with Gasteiger partial charge in [0.2, 0.25) is 0 Å². The van der Waals surface area contributed by atoms with Gasteiger partial charge in [-0.1, -0.05) is 13.8 Å². The number of nitrogens with two attached hydrogens (primary N) is 1. The number of hydrogen-bond donors (Lipinski definition) is 2. The average molecular weight is 320 g/mol. The molecule has 5 nitrogen and oxygen atoms in total. The van der Waals surface area contributed by atoms with Gasteiger partial charge in [-0.2, -0.15) is 0 Å². The third kappa shape index (κ3) is 4.69. The minimum absolute atomic E-state index is 0.0928. The Morgan fingerprint density at radius 3 is 2.57 bits per heavy atom. The van der Waals surface area contributed by atoms with E-state index in [9.17, 15) is 4.79 Å². The normalized spacial score (nSPS) is 18.0. The Hall–Kier alpha value is -1.59. The third-order valence-corrected chi connectivity index (χ3v) is 4.70.